The quantitative estimate of drug-likeness (QED) is 0.332. The monoisotopic (exact) mass is 572 g/mol. The average Bonchev–Trinajstić information content (AvgIpc) is 3.56. The van der Waals surface area contributed by atoms with Crippen LogP contribution in [0, 0.1) is 17.6 Å². The number of carboxylic acids is 1. The summed E-state index contributed by atoms with van der Waals surface area (Å²) in [7, 11) is 5.45. The molecule has 2 atom stereocenters. The molecule has 2 saturated heterocycles. The van der Waals surface area contributed by atoms with E-state index in [-0.39, 0.29) is 16.5 Å². The van der Waals surface area contributed by atoms with E-state index in [2.05, 4.69) is 27.1 Å². The van der Waals surface area contributed by atoms with E-state index in [1.54, 1.807) is 32.6 Å². The predicted octanol–water partition coefficient (Wildman–Crippen LogP) is 4.12. The van der Waals surface area contributed by atoms with Crippen LogP contribution in [-0.4, -0.2) is 70.3 Å². The van der Waals surface area contributed by atoms with Gasteiger partial charge in [0.1, 0.15) is 11.2 Å². The minimum absolute atomic E-state index is 0.158. The molecule has 11 heteroatoms. The molecule has 4 aromatic rings. The second-order valence-corrected chi connectivity index (χ2v) is 11.6. The summed E-state index contributed by atoms with van der Waals surface area (Å²) in [5.41, 5.74) is 3.86. The maximum Gasteiger partial charge on any atom is 0.341 e. The summed E-state index contributed by atoms with van der Waals surface area (Å²) in [5, 5.41) is 12.8. The van der Waals surface area contributed by atoms with Crippen molar-refractivity contribution < 1.29 is 18.7 Å². The highest BCUT2D eigenvalue weighted by molar-refractivity contribution is 5.98. The number of halogens is 2. The molecule has 0 spiro atoms. The largest absolute Gasteiger partial charge is 0.477 e. The van der Waals surface area contributed by atoms with Gasteiger partial charge in [-0.05, 0) is 44.0 Å². The first-order chi connectivity index (χ1) is 20.2. The zero-order valence-electron chi connectivity index (χ0n) is 23.5. The lowest BCUT2D eigenvalue weighted by Gasteiger charge is -2.40. The van der Waals surface area contributed by atoms with Gasteiger partial charge < -0.3 is 24.8 Å². The van der Waals surface area contributed by atoms with Crippen LogP contribution in [-0.2, 0) is 13.5 Å². The van der Waals surface area contributed by atoms with Crippen LogP contribution in [0.2, 0.25) is 0 Å². The number of carboxylic acid groups (broad SMARTS) is 1. The van der Waals surface area contributed by atoms with Gasteiger partial charge in [-0.2, -0.15) is 0 Å². The molecule has 3 aromatic heterocycles. The Bertz CT molecular complexity index is 1870. The molecule has 1 aromatic carbocycles. The number of benzene rings is 1. The Balaban J connectivity index is 1.50. The number of hydrogen-bond donors (Lipinski definition) is 2. The van der Waals surface area contributed by atoms with Gasteiger partial charge in [0.05, 0.1) is 16.8 Å². The van der Waals surface area contributed by atoms with Gasteiger partial charge in [0.25, 0.3) is 0 Å². The van der Waals surface area contributed by atoms with Crippen LogP contribution >= 0.6 is 0 Å². The van der Waals surface area contributed by atoms with Crippen molar-refractivity contribution in [1.29, 1.82) is 0 Å². The van der Waals surface area contributed by atoms with Crippen LogP contribution < -0.4 is 15.6 Å². The molecule has 0 saturated carbocycles. The highest BCUT2D eigenvalue weighted by Crippen LogP contribution is 2.51. The van der Waals surface area contributed by atoms with Gasteiger partial charge >= 0.3 is 5.97 Å². The highest BCUT2D eigenvalue weighted by Gasteiger charge is 2.40. The lowest BCUT2D eigenvalue weighted by molar-refractivity contribution is 0.0695. The molecule has 7 rings (SSSR count). The number of aromatic carboxylic acids is 1. The van der Waals surface area contributed by atoms with E-state index < -0.39 is 23.0 Å². The molecule has 1 aliphatic carbocycles. The van der Waals surface area contributed by atoms with Gasteiger partial charge in [-0.25, -0.2) is 18.6 Å². The number of aryl methyl sites for hydroxylation is 1. The first kappa shape index (κ1) is 26.5. The predicted molar refractivity (Wildman–Crippen MR) is 156 cm³/mol. The van der Waals surface area contributed by atoms with Crippen molar-refractivity contribution in [3.63, 3.8) is 0 Å². The van der Waals surface area contributed by atoms with Gasteiger partial charge in [0.2, 0.25) is 5.43 Å². The Morgan fingerprint density at radius 3 is 2.64 bits per heavy atom. The van der Waals surface area contributed by atoms with Gasteiger partial charge in [-0.1, -0.05) is 0 Å². The van der Waals surface area contributed by atoms with E-state index in [0.717, 1.165) is 31.6 Å². The van der Waals surface area contributed by atoms with Gasteiger partial charge in [0.15, 0.2) is 11.6 Å². The number of fused-ring (bicyclic) bond motifs is 5. The van der Waals surface area contributed by atoms with Crippen molar-refractivity contribution in [2.24, 2.45) is 13.0 Å². The molecule has 2 unspecified atom stereocenters. The molecule has 0 bridgehead atoms. The Kier molecular flexibility index (Phi) is 6.05. The van der Waals surface area contributed by atoms with Crippen LogP contribution in [0.3, 0.4) is 0 Å². The summed E-state index contributed by atoms with van der Waals surface area (Å²) in [6.45, 7) is 2.46. The summed E-state index contributed by atoms with van der Waals surface area (Å²) in [6, 6.07) is 3.14. The van der Waals surface area contributed by atoms with Crippen LogP contribution in [0.4, 0.5) is 20.2 Å². The zero-order chi connectivity index (χ0) is 29.4. The molecular formula is C31H30F2N6O3. The Hall–Kier alpha value is -4.38. The molecule has 42 heavy (non-hydrogen) atoms. The topological polar surface area (TPSA) is 104 Å². The first-order valence-electron chi connectivity index (χ1n) is 14.1. The molecular weight excluding hydrogens is 542 g/mol. The van der Waals surface area contributed by atoms with Crippen LogP contribution in [0.15, 0.2) is 35.5 Å². The fourth-order valence-electron chi connectivity index (χ4n) is 7.19. The molecule has 216 valence electrons. The molecule has 5 heterocycles. The van der Waals surface area contributed by atoms with E-state index in [9.17, 15) is 19.1 Å². The lowest BCUT2D eigenvalue weighted by atomic mass is 9.90. The first-order valence-corrected chi connectivity index (χ1v) is 14.1. The fraction of sp³-hybridized carbons (Fsp3) is 0.355. The molecule has 9 nitrogen and oxygen atoms in total. The van der Waals surface area contributed by atoms with Gasteiger partial charge in [-0.3, -0.25) is 9.78 Å². The summed E-state index contributed by atoms with van der Waals surface area (Å²) in [4.78, 5) is 38.9. The van der Waals surface area contributed by atoms with Crippen molar-refractivity contribution >= 4 is 28.4 Å². The fourth-order valence-corrected chi connectivity index (χ4v) is 7.19. The second-order valence-electron chi connectivity index (χ2n) is 11.6. The van der Waals surface area contributed by atoms with E-state index >= 15 is 4.39 Å². The number of carbonyl (C=O) groups is 1. The number of aromatic nitrogens is 3. The molecule has 0 amide bonds. The van der Waals surface area contributed by atoms with E-state index in [0.29, 0.717) is 64.2 Å². The number of anilines is 2. The average molecular weight is 573 g/mol. The van der Waals surface area contributed by atoms with Crippen molar-refractivity contribution in [2.75, 3.05) is 43.9 Å². The van der Waals surface area contributed by atoms with Crippen molar-refractivity contribution in [3.8, 4) is 22.3 Å². The van der Waals surface area contributed by atoms with Gasteiger partial charge in [0, 0.05) is 92.2 Å². The van der Waals surface area contributed by atoms with Crippen LogP contribution in [0.5, 0.6) is 0 Å². The summed E-state index contributed by atoms with van der Waals surface area (Å²) >= 11 is 0. The summed E-state index contributed by atoms with van der Waals surface area (Å²) in [6.07, 6.45) is 7.05. The van der Waals surface area contributed by atoms with Gasteiger partial charge in [-0.15, -0.1) is 0 Å². The number of pyridine rings is 3. The maximum absolute atomic E-state index is 15.7. The number of piperidine rings is 1. The Morgan fingerprint density at radius 1 is 1.10 bits per heavy atom. The Morgan fingerprint density at radius 2 is 1.88 bits per heavy atom. The van der Waals surface area contributed by atoms with Crippen LogP contribution in [0.1, 0.15) is 34.5 Å². The Labute approximate surface area is 240 Å². The lowest BCUT2D eigenvalue weighted by Crippen LogP contribution is -2.47. The van der Waals surface area contributed by atoms with Crippen molar-refractivity contribution in [2.45, 2.75) is 25.3 Å². The number of likely N-dealkylation sites (N-methyl/N-ethyl adjacent to an activating group) is 1. The third-order valence-corrected chi connectivity index (χ3v) is 9.33. The summed E-state index contributed by atoms with van der Waals surface area (Å²) < 4.78 is 32.2. The van der Waals surface area contributed by atoms with Crippen molar-refractivity contribution in [3.05, 3.63) is 69.4 Å². The SMILES string of the molecule is CNc1cc(F)c(F)c2c1Cc1ncc(-c3cnc4c(c3)c(=O)c(C(=O)O)cn4C)c(N3CCC4CCN(C)C4C3)c1-2. The minimum atomic E-state index is -1.32. The minimum Gasteiger partial charge on any atom is -0.477 e. The molecule has 2 N–H and O–H groups in total. The standard InChI is InChI=1S/C31H30F2N6O3/c1-34-22-10-21(32)27(33)25-17(22)9-23-26(25)28(39-7-5-15-4-6-37(2)24(15)14-39)19(12-35-23)16-8-18-29(40)20(31(41)42)13-38(3)30(18)36-11-16/h8,10-13,15,24,34H,4-7,9,14H2,1-3H3,(H,41,42). The molecule has 0 radical (unpaired) electrons. The number of rotatable bonds is 4. The third kappa shape index (κ3) is 3.83. The second kappa shape index (κ2) is 9.59. The number of nitrogens with zero attached hydrogens (tertiary/aromatic N) is 5. The smallest absolute Gasteiger partial charge is 0.341 e. The summed E-state index contributed by atoms with van der Waals surface area (Å²) in [5.74, 6) is -2.59. The molecule has 2 fully saturated rings. The zero-order valence-corrected chi connectivity index (χ0v) is 23.5. The van der Waals surface area contributed by atoms with E-state index in [1.807, 2.05) is 0 Å². The number of likely N-dealkylation sites (tertiary alicyclic amines) is 1. The van der Waals surface area contributed by atoms with Crippen LogP contribution in [0.25, 0.3) is 33.3 Å². The third-order valence-electron chi connectivity index (χ3n) is 9.33. The molecule has 3 aliphatic rings. The van der Waals surface area contributed by atoms with E-state index in [4.69, 9.17) is 4.98 Å². The molecule has 2 aliphatic heterocycles. The maximum atomic E-state index is 15.7. The number of hydrogen-bond acceptors (Lipinski definition) is 7. The van der Waals surface area contributed by atoms with E-state index in [1.165, 1.54) is 16.8 Å². The normalized spacial score (nSPS) is 19.6. The number of nitrogens with one attached hydrogen (secondary N) is 1. The van der Waals surface area contributed by atoms with Crippen molar-refractivity contribution in [1.82, 2.24) is 19.4 Å². The highest BCUT2D eigenvalue weighted by atomic mass is 19.2.